The second-order valence-corrected chi connectivity index (χ2v) is 9.49. The average Bonchev–Trinajstić information content (AvgIpc) is 3.32. The standard InChI is InChI=1S/C31H36N4O2/c1-3-4-18-35(31(37)33-27-14-10-11-24(2)20-27)23-30(36)34(22-25-12-6-5-7-13-25)19-17-26-21-32-29-16-9-8-15-28(26)29/h5-16,20-21,32H,3-4,17-19,22-23H2,1-2H3,(H,33,37). The Morgan fingerprint density at radius 2 is 1.68 bits per heavy atom. The number of amides is 3. The molecule has 6 nitrogen and oxygen atoms in total. The first-order valence-electron chi connectivity index (χ1n) is 13.0. The van der Waals surface area contributed by atoms with Crippen LogP contribution in [-0.4, -0.2) is 46.4 Å². The first-order valence-corrected chi connectivity index (χ1v) is 13.0. The molecule has 1 heterocycles. The van der Waals surface area contributed by atoms with Gasteiger partial charge in [0, 0.05) is 42.4 Å². The van der Waals surface area contributed by atoms with Gasteiger partial charge in [-0.05, 0) is 54.7 Å². The molecule has 2 N–H and O–H groups in total. The average molecular weight is 497 g/mol. The van der Waals surface area contributed by atoms with E-state index in [1.807, 2.05) is 84.8 Å². The largest absolute Gasteiger partial charge is 0.361 e. The van der Waals surface area contributed by atoms with E-state index in [1.165, 1.54) is 10.9 Å². The van der Waals surface area contributed by atoms with E-state index in [-0.39, 0.29) is 18.5 Å². The lowest BCUT2D eigenvalue weighted by Crippen LogP contribution is -2.45. The Morgan fingerprint density at radius 1 is 0.892 bits per heavy atom. The number of benzene rings is 3. The molecule has 3 amide bonds. The fourth-order valence-electron chi connectivity index (χ4n) is 4.48. The van der Waals surface area contributed by atoms with Crippen molar-refractivity contribution >= 4 is 28.5 Å². The maximum absolute atomic E-state index is 13.7. The lowest BCUT2D eigenvalue weighted by atomic mass is 10.1. The number of hydrogen-bond acceptors (Lipinski definition) is 2. The lowest BCUT2D eigenvalue weighted by molar-refractivity contribution is -0.132. The highest BCUT2D eigenvalue weighted by Crippen LogP contribution is 2.19. The van der Waals surface area contributed by atoms with E-state index in [9.17, 15) is 9.59 Å². The molecule has 1 aromatic heterocycles. The Hall–Kier alpha value is -4.06. The van der Waals surface area contributed by atoms with E-state index in [1.54, 1.807) is 4.90 Å². The molecule has 3 aromatic carbocycles. The van der Waals surface area contributed by atoms with E-state index in [0.29, 0.717) is 19.6 Å². The lowest BCUT2D eigenvalue weighted by Gasteiger charge is -2.28. The number of nitrogens with one attached hydrogen (secondary N) is 2. The highest BCUT2D eigenvalue weighted by Gasteiger charge is 2.22. The molecule has 192 valence electrons. The number of aromatic nitrogens is 1. The van der Waals surface area contributed by atoms with Gasteiger partial charge in [-0.1, -0.05) is 74.0 Å². The summed E-state index contributed by atoms with van der Waals surface area (Å²) in [6.45, 7) is 5.71. The zero-order valence-electron chi connectivity index (χ0n) is 21.7. The van der Waals surface area contributed by atoms with Gasteiger partial charge in [-0.2, -0.15) is 0 Å². The SMILES string of the molecule is CCCCN(CC(=O)N(CCc1c[nH]c2ccccc12)Cc1ccccc1)C(=O)Nc1cccc(C)c1. The van der Waals surface area contributed by atoms with Crippen molar-refractivity contribution in [3.8, 4) is 0 Å². The second-order valence-electron chi connectivity index (χ2n) is 9.49. The minimum atomic E-state index is -0.247. The number of hydrogen-bond donors (Lipinski definition) is 2. The van der Waals surface area contributed by atoms with Crippen LogP contribution in [0.15, 0.2) is 85.1 Å². The molecule has 4 aromatic rings. The van der Waals surface area contributed by atoms with E-state index in [0.717, 1.165) is 41.6 Å². The van der Waals surface area contributed by atoms with Crippen LogP contribution in [0.2, 0.25) is 0 Å². The van der Waals surface area contributed by atoms with E-state index in [4.69, 9.17) is 0 Å². The van der Waals surface area contributed by atoms with Gasteiger partial charge in [-0.3, -0.25) is 4.79 Å². The van der Waals surface area contributed by atoms with Crippen molar-refractivity contribution in [2.24, 2.45) is 0 Å². The van der Waals surface area contributed by atoms with Crippen molar-refractivity contribution in [2.45, 2.75) is 39.7 Å². The molecule has 0 aliphatic rings. The summed E-state index contributed by atoms with van der Waals surface area (Å²) in [6, 6.07) is 25.7. The van der Waals surface area contributed by atoms with Gasteiger partial charge in [0.25, 0.3) is 0 Å². The maximum atomic E-state index is 13.7. The maximum Gasteiger partial charge on any atom is 0.322 e. The van der Waals surface area contributed by atoms with Gasteiger partial charge in [0.15, 0.2) is 0 Å². The van der Waals surface area contributed by atoms with Gasteiger partial charge < -0.3 is 20.1 Å². The third-order valence-corrected chi connectivity index (χ3v) is 6.56. The number of rotatable bonds is 11. The Morgan fingerprint density at radius 3 is 2.46 bits per heavy atom. The van der Waals surface area contributed by atoms with E-state index in [2.05, 4.69) is 29.4 Å². The van der Waals surface area contributed by atoms with Crippen LogP contribution in [0.5, 0.6) is 0 Å². The number of aromatic amines is 1. The van der Waals surface area contributed by atoms with E-state index < -0.39 is 0 Å². The normalized spacial score (nSPS) is 10.9. The summed E-state index contributed by atoms with van der Waals surface area (Å²) in [7, 11) is 0. The fourth-order valence-corrected chi connectivity index (χ4v) is 4.48. The molecule has 37 heavy (non-hydrogen) atoms. The van der Waals surface area contributed by atoms with Crippen molar-refractivity contribution in [1.29, 1.82) is 0 Å². The molecule has 6 heteroatoms. The molecular formula is C31H36N4O2. The minimum absolute atomic E-state index is 0.0400. The summed E-state index contributed by atoms with van der Waals surface area (Å²) in [4.78, 5) is 33.7. The number of anilines is 1. The molecule has 0 unspecified atom stereocenters. The summed E-state index contributed by atoms with van der Waals surface area (Å²) in [5.74, 6) is -0.0563. The zero-order valence-corrected chi connectivity index (χ0v) is 21.7. The monoisotopic (exact) mass is 496 g/mol. The number of para-hydroxylation sites is 1. The smallest absolute Gasteiger partial charge is 0.322 e. The number of urea groups is 1. The Balaban J connectivity index is 1.49. The Kier molecular flexibility index (Phi) is 8.98. The minimum Gasteiger partial charge on any atom is -0.361 e. The van der Waals surface area contributed by atoms with Crippen LogP contribution >= 0.6 is 0 Å². The predicted molar refractivity (Wildman–Crippen MR) is 151 cm³/mol. The predicted octanol–water partition coefficient (Wildman–Crippen LogP) is 6.38. The van der Waals surface area contributed by atoms with Crippen molar-refractivity contribution in [3.05, 3.63) is 102 Å². The Bertz CT molecular complexity index is 1320. The number of H-pyrrole nitrogens is 1. The first kappa shape index (κ1) is 26.0. The molecular weight excluding hydrogens is 460 g/mol. The van der Waals surface area contributed by atoms with Gasteiger partial charge >= 0.3 is 6.03 Å². The summed E-state index contributed by atoms with van der Waals surface area (Å²) in [6.07, 6.45) is 4.53. The molecule has 0 fully saturated rings. The molecule has 0 spiro atoms. The quantitative estimate of drug-likeness (QED) is 0.253. The molecule has 0 radical (unpaired) electrons. The second kappa shape index (κ2) is 12.8. The molecule has 4 rings (SSSR count). The van der Waals surface area contributed by atoms with Gasteiger partial charge in [-0.25, -0.2) is 4.79 Å². The van der Waals surface area contributed by atoms with Crippen LogP contribution in [0.3, 0.4) is 0 Å². The van der Waals surface area contributed by atoms with Crippen LogP contribution in [0.1, 0.15) is 36.5 Å². The molecule has 0 saturated carbocycles. The zero-order chi connectivity index (χ0) is 26.0. The number of aryl methyl sites for hydroxylation is 1. The Labute approximate surface area is 219 Å². The first-order chi connectivity index (χ1) is 18.0. The van der Waals surface area contributed by atoms with Gasteiger partial charge in [0.1, 0.15) is 6.54 Å². The van der Waals surface area contributed by atoms with Crippen molar-refractivity contribution in [2.75, 3.05) is 25.0 Å². The number of fused-ring (bicyclic) bond motifs is 1. The number of carbonyl (C=O) groups excluding carboxylic acids is 2. The topological polar surface area (TPSA) is 68.4 Å². The van der Waals surface area contributed by atoms with Crippen molar-refractivity contribution in [3.63, 3.8) is 0 Å². The van der Waals surface area contributed by atoms with E-state index >= 15 is 0 Å². The molecule has 0 atom stereocenters. The highest BCUT2D eigenvalue weighted by molar-refractivity contribution is 5.92. The van der Waals surface area contributed by atoms with Gasteiger partial charge in [0.05, 0.1) is 0 Å². The molecule has 0 aliphatic heterocycles. The molecule has 0 saturated heterocycles. The van der Waals surface area contributed by atoms with Crippen LogP contribution in [0.4, 0.5) is 10.5 Å². The highest BCUT2D eigenvalue weighted by atomic mass is 16.2. The van der Waals surface area contributed by atoms with Gasteiger partial charge in [0.2, 0.25) is 5.91 Å². The third-order valence-electron chi connectivity index (χ3n) is 6.56. The molecule has 0 aliphatic carbocycles. The van der Waals surface area contributed by atoms with Crippen molar-refractivity contribution < 1.29 is 9.59 Å². The fraction of sp³-hybridized carbons (Fsp3) is 0.290. The van der Waals surface area contributed by atoms with Crippen molar-refractivity contribution in [1.82, 2.24) is 14.8 Å². The number of nitrogens with zero attached hydrogens (tertiary/aromatic N) is 2. The summed E-state index contributed by atoms with van der Waals surface area (Å²) in [5.41, 5.74) is 5.15. The number of unbranched alkanes of at least 4 members (excludes halogenated alkanes) is 1. The van der Waals surface area contributed by atoms with Crippen LogP contribution in [0.25, 0.3) is 10.9 Å². The summed E-state index contributed by atoms with van der Waals surface area (Å²) in [5, 5.41) is 4.15. The summed E-state index contributed by atoms with van der Waals surface area (Å²) >= 11 is 0. The van der Waals surface area contributed by atoms with Crippen LogP contribution in [0, 0.1) is 6.92 Å². The van der Waals surface area contributed by atoms with Crippen LogP contribution < -0.4 is 5.32 Å². The van der Waals surface area contributed by atoms with Gasteiger partial charge in [-0.15, -0.1) is 0 Å². The third kappa shape index (κ3) is 7.23. The summed E-state index contributed by atoms with van der Waals surface area (Å²) < 4.78 is 0. The molecule has 0 bridgehead atoms. The van der Waals surface area contributed by atoms with Crippen LogP contribution in [-0.2, 0) is 17.8 Å². The number of carbonyl (C=O) groups is 2.